The number of carbonyl (C=O) groups excluding carboxylic acids is 1. The van der Waals surface area contributed by atoms with Gasteiger partial charge in [-0.1, -0.05) is 0 Å². The molecule has 0 saturated carbocycles. The molecule has 0 N–H and O–H groups in total. The molecular weight excluding hydrogens is 244 g/mol. The molecule has 0 aliphatic carbocycles. The molecule has 102 valence electrons. The molecule has 4 nitrogen and oxygen atoms in total. The molecular formula is C15H18O4. The van der Waals surface area contributed by atoms with E-state index in [2.05, 4.69) is 0 Å². The molecule has 4 heteroatoms. The Kier molecular flexibility index (Phi) is 3.19. The van der Waals surface area contributed by atoms with Crippen LogP contribution in [-0.4, -0.2) is 32.2 Å². The van der Waals surface area contributed by atoms with Crippen molar-refractivity contribution < 1.29 is 19.0 Å². The van der Waals surface area contributed by atoms with Crippen molar-refractivity contribution in [3.63, 3.8) is 0 Å². The maximum Gasteiger partial charge on any atom is 0.168 e. The maximum atomic E-state index is 12.5. The molecule has 1 aromatic rings. The average Bonchev–Trinajstić information content (AvgIpc) is 3.08. The Morgan fingerprint density at radius 1 is 1.21 bits per heavy atom. The largest absolute Gasteiger partial charge is 0.493 e. The fourth-order valence-electron chi connectivity index (χ4n) is 3.12. The summed E-state index contributed by atoms with van der Waals surface area (Å²) in [6.45, 7) is 0. The van der Waals surface area contributed by atoms with Crippen LogP contribution in [0.2, 0.25) is 0 Å². The summed E-state index contributed by atoms with van der Waals surface area (Å²) in [4.78, 5) is 12.5. The first-order chi connectivity index (χ1) is 9.22. The summed E-state index contributed by atoms with van der Waals surface area (Å²) >= 11 is 0. The van der Waals surface area contributed by atoms with E-state index in [1.54, 1.807) is 32.4 Å². The Labute approximate surface area is 112 Å². The van der Waals surface area contributed by atoms with Crippen molar-refractivity contribution in [2.75, 3.05) is 14.2 Å². The zero-order chi connectivity index (χ0) is 13.4. The smallest absolute Gasteiger partial charge is 0.168 e. The van der Waals surface area contributed by atoms with Crippen LogP contribution in [0.3, 0.4) is 0 Å². The van der Waals surface area contributed by atoms with Gasteiger partial charge in [0.05, 0.1) is 32.3 Å². The number of methoxy groups -OCH3 is 2. The van der Waals surface area contributed by atoms with E-state index in [0.29, 0.717) is 23.2 Å². The Balaban J connectivity index is 1.84. The van der Waals surface area contributed by atoms with E-state index in [0.717, 1.165) is 19.3 Å². The number of Topliss-reactive ketones (excluding diaryl/α,β-unsaturated/α-hetero) is 1. The van der Waals surface area contributed by atoms with Crippen LogP contribution in [0.1, 0.15) is 29.6 Å². The molecule has 3 unspecified atom stereocenters. The molecule has 2 saturated heterocycles. The fraction of sp³-hybridized carbons (Fsp3) is 0.533. The second-order valence-electron chi connectivity index (χ2n) is 5.15. The van der Waals surface area contributed by atoms with E-state index in [1.807, 2.05) is 0 Å². The van der Waals surface area contributed by atoms with E-state index in [4.69, 9.17) is 14.2 Å². The maximum absolute atomic E-state index is 12.5. The van der Waals surface area contributed by atoms with Gasteiger partial charge in [0, 0.05) is 5.56 Å². The van der Waals surface area contributed by atoms with Crippen LogP contribution >= 0.6 is 0 Å². The average molecular weight is 262 g/mol. The van der Waals surface area contributed by atoms with Crippen molar-refractivity contribution in [2.24, 2.45) is 5.92 Å². The molecule has 2 fully saturated rings. The first-order valence-corrected chi connectivity index (χ1v) is 6.64. The zero-order valence-corrected chi connectivity index (χ0v) is 11.2. The van der Waals surface area contributed by atoms with Crippen molar-refractivity contribution in [1.29, 1.82) is 0 Å². The number of benzene rings is 1. The van der Waals surface area contributed by atoms with Gasteiger partial charge in [-0.3, -0.25) is 4.79 Å². The number of hydrogen-bond donors (Lipinski definition) is 0. The van der Waals surface area contributed by atoms with Crippen LogP contribution in [0.5, 0.6) is 11.5 Å². The topological polar surface area (TPSA) is 44.8 Å². The third-order valence-corrected chi connectivity index (χ3v) is 4.11. The fourth-order valence-corrected chi connectivity index (χ4v) is 3.12. The lowest BCUT2D eigenvalue weighted by atomic mass is 9.84. The monoisotopic (exact) mass is 262 g/mol. The van der Waals surface area contributed by atoms with Gasteiger partial charge < -0.3 is 14.2 Å². The number of fused-ring (bicyclic) bond motifs is 2. The molecule has 3 rings (SSSR count). The van der Waals surface area contributed by atoms with E-state index in [9.17, 15) is 4.79 Å². The molecule has 0 spiro atoms. The minimum Gasteiger partial charge on any atom is -0.493 e. The summed E-state index contributed by atoms with van der Waals surface area (Å²) in [6.07, 6.45) is 3.37. The third-order valence-electron chi connectivity index (χ3n) is 4.11. The molecule has 0 amide bonds. The van der Waals surface area contributed by atoms with Crippen LogP contribution in [0.4, 0.5) is 0 Å². The van der Waals surface area contributed by atoms with Gasteiger partial charge >= 0.3 is 0 Å². The van der Waals surface area contributed by atoms with Gasteiger partial charge in [0.2, 0.25) is 0 Å². The molecule has 2 aliphatic heterocycles. The van der Waals surface area contributed by atoms with Gasteiger partial charge in [0.25, 0.3) is 0 Å². The summed E-state index contributed by atoms with van der Waals surface area (Å²) < 4.78 is 16.2. The minimum atomic E-state index is 0.0110. The van der Waals surface area contributed by atoms with E-state index >= 15 is 0 Å². The molecule has 2 aliphatic rings. The molecule has 0 aromatic heterocycles. The molecule has 1 aromatic carbocycles. The molecule has 2 heterocycles. The van der Waals surface area contributed by atoms with Gasteiger partial charge in [-0.15, -0.1) is 0 Å². The van der Waals surface area contributed by atoms with Crippen molar-refractivity contribution in [3.8, 4) is 11.5 Å². The minimum absolute atomic E-state index is 0.0110. The summed E-state index contributed by atoms with van der Waals surface area (Å²) in [6, 6.07) is 5.34. The Bertz CT molecular complexity index is 497. The SMILES string of the molecule is COc1ccc(C(=O)C2CC3CCC2O3)cc1OC. The van der Waals surface area contributed by atoms with Crippen molar-refractivity contribution in [3.05, 3.63) is 23.8 Å². The van der Waals surface area contributed by atoms with E-state index < -0.39 is 0 Å². The van der Waals surface area contributed by atoms with Gasteiger partial charge in [-0.25, -0.2) is 0 Å². The second kappa shape index (κ2) is 4.85. The number of rotatable bonds is 4. The van der Waals surface area contributed by atoms with E-state index in [1.165, 1.54) is 0 Å². The highest BCUT2D eigenvalue weighted by atomic mass is 16.5. The van der Waals surface area contributed by atoms with Gasteiger partial charge in [0.15, 0.2) is 17.3 Å². The second-order valence-corrected chi connectivity index (χ2v) is 5.15. The molecule has 2 bridgehead atoms. The molecule has 3 atom stereocenters. The predicted molar refractivity (Wildman–Crippen MR) is 69.9 cm³/mol. The van der Waals surface area contributed by atoms with Gasteiger partial charge in [-0.2, -0.15) is 0 Å². The standard InChI is InChI=1S/C15H18O4/c1-17-13-5-3-9(7-14(13)18-2)15(16)11-8-10-4-6-12(11)19-10/h3,5,7,10-12H,4,6,8H2,1-2H3. The van der Waals surface area contributed by atoms with Gasteiger partial charge in [0.1, 0.15) is 0 Å². The molecule has 0 radical (unpaired) electrons. The normalized spacial score (nSPS) is 28.4. The highest BCUT2D eigenvalue weighted by molar-refractivity contribution is 5.99. The Morgan fingerprint density at radius 3 is 2.58 bits per heavy atom. The lowest BCUT2D eigenvalue weighted by molar-refractivity contribution is 0.0743. The molecule has 19 heavy (non-hydrogen) atoms. The lowest BCUT2D eigenvalue weighted by Crippen LogP contribution is -2.25. The Hall–Kier alpha value is -1.55. The zero-order valence-electron chi connectivity index (χ0n) is 11.2. The summed E-state index contributed by atoms with van der Waals surface area (Å²) in [7, 11) is 3.16. The first kappa shape index (κ1) is 12.5. The number of carbonyl (C=O) groups is 1. The lowest BCUT2D eigenvalue weighted by Gasteiger charge is -2.18. The summed E-state index contributed by atoms with van der Waals surface area (Å²) in [5, 5.41) is 0. The van der Waals surface area contributed by atoms with Gasteiger partial charge in [-0.05, 0) is 37.5 Å². The quantitative estimate of drug-likeness (QED) is 0.782. The van der Waals surface area contributed by atoms with Crippen LogP contribution in [0.25, 0.3) is 0 Å². The van der Waals surface area contributed by atoms with Crippen molar-refractivity contribution in [2.45, 2.75) is 31.5 Å². The van der Waals surface area contributed by atoms with Crippen molar-refractivity contribution in [1.82, 2.24) is 0 Å². The summed E-state index contributed by atoms with van der Waals surface area (Å²) in [5.74, 6) is 1.41. The Morgan fingerprint density at radius 2 is 2.00 bits per heavy atom. The van der Waals surface area contributed by atoms with Crippen LogP contribution in [-0.2, 0) is 4.74 Å². The number of ether oxygens (including phenoxy) is 3. The first-order valence-electron chi connectivity index (χ1n) is 6.64. The highest BCUT2D eigenvalue weighted by Crippen LogP contribution is 2.41. The van der Waals surface area contributed by atoms with Crippen LogP contribution in [0.15, 0.2) is 18.2 Å². The van der Waals surface area contributed by atoms with Crippen molar-refractivity contribution >= 4 is 5.78 Å². The third kappa shape index (κ3) is 2.10. The number of hydrogen-bond acceptors (Lipinski definition) is 4. The van der Waals surface area contributed by atoms with E-state index in [-0.39, 0.29) is 17.8 Å². The van der Waals surface area contributed by atoms with Crippen LogP contribution < -0.4 is 9.47 Å². The highest BCUT2D eigenvalue weighted by Gasteiger charge is 2.44. The summed E-state index contributed by atoms with van der Waals surface area (Å²) in [5.41, 5.74) is 0.679. The number of ketones is 1. The predicted octanol–water partition coefficient (Wildman–Crippen LogP) is 2.45. The van der Waals surface area contributed by atoms with Crippen LogP contribution in [0, 0.1) is 5.92 Å².